The second kappa shape index (κ2) is 6.16. The minimum Gasteiger partial charge on any atom is -0.313 e. The normalized spacial score (nSPS) is 13.8. The monoisotopic (exact) mass is 259 g/mol. The standard InChI is InChI=1S/C11H21N3O2S/c1-4-12-11(9-17(3,15)16)6-10-7-13-14(5-2)8-10/h7-8,11-12H,4-6,9H2,1-3H3. The second-order valence-corrected chi connectivity index (χ2v) is 6.44. The largest absolute Gasteiger partial charge is 0.313 e. The van der Waals surface area contributed by atoms with Crippen LogP contribution in [0.15, 0.2) is 12.4 Å². The molecule has 1 atom stereocenters. The summed E-state index contributed by atoms with van der Waals surface area (Å²) in [6.45, 7) is 5.60. The number of nitrogens with zero attached hydrogens (tertiary/aromatic N) is 2. The highest BCUT2D eigenvalue weighted by atomic mass is 32.2. The Morgan fingerprint density at radius 3 is 2.65 bits per heavy atom. The summed E-state index contributed by atoms with van der Waals surface area (Å²) < 4.78 is 24.5. The summed E-state index contributed by atoms with van der Waals surface area (Å²) in [6.07, 6.45) is 5.73. The molecule has 6 heteroatoms. The van der Waals surface area contributed by atoms with Crippen molar-refractivity contribution in [2.24, 2.45) is 0 Å². The lowest BCUT2D eigenvalue weighted by Gasteiger charge is -2.15. The first-order valence-corrected chi connectivity index (χ1v) is 7.93. The van der Waals surface area contributed by atoms with E-state index >= 15 is 0 Å². The lowest BCUT2D eigenvalue weighted by atomic mass is 10.1. The van der Waals surface area contributed by atoms with Gasteiger partial charge in [-0.15, -0.1) is 0 Å². The van der Waals surface area contributed by atoms with Crippen LogP contribution in [0.1, 0.15) is 19.4 Å². The molecule has 0 spiro atoms. The van der Waals surface area contributed by atoms with Crippen molar-refractivity contribution in [1.29, 1.82) is 0 Å². The summed E-state index contributed by atoms with van der Waals surface area (Å²) in [7, 11) is -2.95. The Morgan fingerprint density at radius 2 is 2.18 bits per heavy atom. The van der Waals surface area contributed by atoms with Gasteiger partial charge in [0.25, 0.3) is 0 Å². The van der Waals surface area contributed by atoms with E-state index in [2.05, 4.69) is 10.4 Å². The van der Waals surface area contributed by atoms with E-state index in [1.807, 2.05) is 24.7 Å². The average Bonchev–Trinajstić information content (AvgIpc) is 2.63. The molecule has 1 rings (SSSR count). The zero-order chi connectivity index (χ0) is 12.9. The molecule has 5 nitrogen and oxygen atoms in total. The van der Waals surface area contributed by atoms with Crippen LogP contribution in [0.25, 0.3) is 0 Å². The van der Waals surface area contributed by atoms with E-state index in [4.69, 9.17) is 0 Å². The summed E-state index contributed by atoms with van der Waals surface area (Å²) >= 11 is 0. The van der Waals surface area contributed by atoms with Crippen LogP contribution in [0.3, 0.4) is 0 Å². The number of rotatable bonds is 7. The van der Waals surface area contributed by atoms with Crippen molar-refractivity contribution in [2.75, 3.05) is 18.6 Å². The van der Waals surface area contributed by atoms with Gasteiger partial charge in [-0.05, 0) is 25.5 Å². The van der Waals surface area contributed by atoms with Gasteiger partial charge in [0.15, 0.2) is 0 Å². The number of aromatic nitrogens is 2. The minimum absolute atomic E-state index is 0.0375. The molecule has 0 aliphatic heterocycles. The van der Waals surface area contributed by atoms with Gasteiger partial charge in [0, 0.05) is 25.0 Å². The third-order valence-corrected chi connectivity index (χ3v) is 3.50. The van der Waals surface area contributed by atoms with Crippen molar-refractivity contribution in [3.05, 3.63) is 18.0 Å². The molecular weight excluding hydrogens is 238 g/mol. The van der Waals surface area contributed by atoms with Crippen LogP contribution in [0.5, 0.6) is 0 Å². The van der Waals surface area contributed by atoms with Crippen molar-refractivity contribution in [1.82, 2.24) is 15.1 Å². The van der Waals surface area contributed by atoms with Crippen molar-refractivity contribution in [3.8, 4) is 0 Å². The van der Waals surface area contributed by atoms with Crippen LogP contribution in [-0.4, -0.2) is 42.8 Å². The molecule has 0 aromatic carbocycles. The Kier molecular flexibility index (Phi) is 5.14. The van der Waals surface area contributed by atoms with E-state index < -0.39 is 9.84 Å². The number of nitrogens with one attached hydrogen (secondary N) is 1. The number of aryl methyl sites for hydroxylation is 1. The molecule has 1 heterocycles. The summed E-state index contributed by atoms with van der Waals surface area (Å²) in [4.78, 5) is 0. The molecule has 0 fully saturated rings. The van der Waals surface area contributed by atoms with Crippen molar-refractivity contribution < 1.29 is 8.42 Å². The molecule has 0 amide bonds. The molecular formula is C11H21N3O2S. The predicted octanol–water partition coefficient (Wildman–Crippen LogP) is 0.468. The fraction of sp³-hybridized carbons (Fsp3) is 0.727. The summed E-state index contributed by atoms with van der Waals surface area (Å²) in [6, 6.07) is -0.0375. The van der Waals surface area contributed by atoms with E-state index in [-0.39, 0.29) is 11.8 Å². The second-order valence-electron chi connectivity index (χ2n) is 4.26. The van der Waals surface area contributed by atoms with Gasteiger partial charge in [-0.1, -0.05) is 6.92 Å². The maximum Gasteiger partial charge on any atom is 0.148 e. The number of hydrogen-bond acceptors (Lipinski definition) is 4. The topological polar surface area (TPSA) is 64.0 Å². The maximum atomic E-state index is 11.3. The third kappa shape index (κ3) is 5.32. The molecule has 17 heavy (non-hydrogen) atoms. The van der Waals surface area contributed by atoms with Crippen LogP contribution < -0.4 is 5.32 Å². The Hall–Kier alpha value is -0.880. The fourth-order valence-corrected chi connectivity index (χ4v) is 2.78. The molecule has 1 aromatic rings. The molecule has 1 unspecified atom stereocenters. The minimum atomic E-state index is -2.95. The van der Waals surface area contributed by atoms with Gasteiger partial charge in [0.2, 0.25) is 0 Å². The van der Waals surface area contributed by atoms with E-state index in [0.717, 1.165) is 18.7 Å². The Labute approximate surface area is 103 Å². The third-order valence-electron chi connectivity index (χ3n) is 2.49. The first kappa shape index (κ1) is 14.2. The number of sulfone groups is 1. The Morgan fingerprint density at radius 1 is 1.47 bits per heavy atom. The van der Waals surface area contributed by atoms with Crippen molar-refractivity contribution in [3.63, 3.8) is 0 Å². The highest BCUT2D eigenvalue weighted by molar-refractivity contribution is 7.90. The molecule has 0 bridgehead atoms. The molecule has 0 radical (unpaired) electrons. The SMILES string of the molecule is CCNC(Cc1cnn(CC)c1)CS(C)(=O)=O. The number of likely N-dealkylation sites (N-methyl/N-ethyl adjacent to an activating group) is 1. The van der Waals surface area contributed by atoms with Crippen molar-refractivity contribution >= 4 is 9.84 Å². The summed E-state index contributed by atoms with van der Waals surface area (Å²) in [5, 5.41) is 7.38. The van der Waals surface area contributed by atoms with E-state index in [1.54, 1.807) is 6.20 Å². The van der Waals surface area contributed by atoms with Crippen LogP contribution in [0.4, 0.5) is 0 Å². The zero-order valence-corrected chi connectivity index (χ0v) is 11.5. The zero-order valence-electron chi connectivity index (χ0n) is 10.7. The quantitative estimate of drug-likeness (QED) is 0.773. The molecule has 0 aliphatic carbocycles. The molecule has 0 saturated heterocycles. The van der Waals surface area contributed by atoms with E-state index in [0.29, 0.717) is 6.42 Å². The average molecular weight is 259 g/mol. The van der Waals surface area contributed by atoms with Gasteiger partial charge in [-0.3, -0.25) is 4.68 Å². The summed E-state index contributed by atoms with van der Waals surface area (Å²) in [5.41, 5.74) is 1.07. The fourth-order valence-electron chi connectivity index (χ4n) is 1.81. The Balaban J connectivity index is 2.65. The van der Waals surface area contributed by atoms with Crippen LogP contribution >= 0.6 is 0 Å². The van der Waals surface area contributed by atoms with Crippen LogP contribution in [0.2, 0.25) is 0 Å². The first-order chi connectivity index (χ1) is 7.94. The van der Waals surface area contributed by atoms with Gasteiger partial charge in [0.1, 0.15) is 9.84 Å². The van der Waals surface area contributed by atoms with Crippen LogP contribution in [-0.2, 0) is 22.8 Å². The highest BCUT2D eigenvalue weighted by Gasteiger charge is 2.15. The van der Waals surface area contributed by atoms with E-state index in [9.17, 15) is 8.42 Å². The highest BCUT2D eigenvalue weighted by Crippen LogP contribution is 2.04. The van der Waals surface area contributed by atoms with Crippen LogP contribution in [0, 0.1) is 0 Å². The lowest BCUT2D eigenvalue weighted by molar-refractivity contribution is 0.544. The lowest BCUT2D eigenvalue weighted by Crippen LogP contribution is -2.37. The summed E-state index contributed by atoms with van der Waals surface area (Å²) in [5.74, 6) is 0.165. The maximum absolute atomic E-state index is 11.3. The first-order valence-electron chi connectivity index (χ1n) is 5.87. The molecule has 1 aromatic heterocycles. The molecule has 1 N–H and O–H groups in total. The molecule has 0 aliphatic rings. The van der Waals surface area contributed by atoms with Gasteiger partial charge in [0.05, 0.1) is 11.9 Å². The van der Waals surface area contributed by atoms with Gasteiger partial charge in [-0.25, -0.2) is 8.42 Å². The van der Waals surface area contributed by atoms with Gasteiger partial charge in [-0.2, -0.15) is 5.10 Å². The smallest absolute Gasteiger partial charge is 0.148 e. The van der Waals surface area contributed by atoms with E-state index in [1.165, 1.54) is 6.26 Å². The van der Waals surface area contributed by atoms with Crippen molar-refractivity contribution in [2.45, 2.75) is 32.9 Å². The number of hydrogen-bond donors (Lipinski definition) is 1. The van der Waals surface area contributed by atoms with Gasteiger partial charge < -0.3 is 5.32 Å². The molecule has 98 valence electrons. The Bertz CT molecular complexity index is 439. The molecule has 0 saturated carbocycles. The van der Waals surface area contributed by atoms with Gasteiger partial charge >= 0.3 is 0 Å². The predicted molar refractivity (Wildman–Crippen MR) is 68.8 cm³/mol.